The van der Waals surface area contributed by atoms with Crippen LogP contribution in [0.4, 0.5) is 4.39 Å². The van der Waals surface area contributed by atoms with Gasteiger partial charge in [-0.1, -0.05) is 12.1 Å². The lowest BCUT2D eigenvalue weighted by molar-refractivity contribution is -0.132. The number of carbonyl (C=O) groups is 1. The second-order valence-corrected chi connectivity index (χ2v) is 6.61. The van der Waals surface area contributed by atoms with E-state index < -0.39 is 0 Å². The molecule has 0 unspecified atom stereocenters. The Bertz CT molecular complexity index is 515. The summed E-state index contributed by atoms with van der Waals surface area (Å²) in [7, 11) is 0. The van der Waals surface area contributed by atoms with Crippen LogP contribution in [0.3, 0.4) is 0 Å². The molecule has 1 aromatic rings. The number of benzene rings is 1. The smallest absolute Gasteiger partial charge is 0.223 e. The van der Waals surface area contributed by atoms with Gasteiger partial charge in [0, 0.05) is 19.0 Å². The largest absolute Gasteiger partial charge is 0.335 e. The Morgan fingerprint density at radius 1 is 1.22 bits per heavy atom. The molecule has 1 heterocycles. The fourth-order valence-corrected chi connectivity index (χ4v) is 3.28. The van der Waals surface area contributed by atoms with E-state index in [1.165, 1.54) is 25.0 Å². The summed E-state index contributed by atoms with van der Waals surface area (Å²) in [6.45, 7) is 2.70. The summed E-state index contributed by atoms with van der Waals surface area (Å²) in [5, 5.41) is 3.36. The highest BCUT2D eigenvalue weighted by Crippen LogP contribution is 2.30. The highest BCUT2D eigenvalue weighted by Gasteiger charge is 2.32. The molecule has 1 aliphatic carbocycles. The van der Waals surface area contributed by atoms with E-state index in [9.17, 15) is 9.18 Å². The van der Waals surface area contributed by atoms with Crippen molar-refractivity contribution in [1.82, 2.24) is 10.2 Å². The van der Waals surface area contributed by atoms with E-state index in [0.29, 0.717) is 24.9 Å². The first kappa shape index (κ1) is 18.2. The molecule has 0 radical (unpaired) electrons. The number of hydrogen-bond donors (Lipinski definition) is 1. The van der Waals surface area contributed by atoms with Crippen molar-refractivity contribution in [3.63, 3.8) is 0 Å². The van der Waals surface area contributed by atoms with Crippen molar-refractivity contribution in [3.8, 4) is 0 Å². The van der Waals surface area contributed by atoms with Crippen LogP contribution in [0.5, 0.6) is 0 Å². The van der Waals surface area contributed by atoms with E-state index in [1.54, 1.807) is 6.07 Å². The van der Waals surface area contributed by atoms with Crippen LogP contribution in [0.25, 0.3) is 0 Å². The molecular formula is C18H26ClFN2O. The van der Waals surface area contributed by atoms with Crippen LogP contribution in [0.1, 0.15) is 44.1 Å². The SMILES string of the molecule is Cl.O=C(CCC1CCNCC1)N(Cc1cccc(F)c1)C1CC1. The monoisotopic (exact) mass is 340 g/mol. The Labute approximate surface area is 144 Å². The van der Waals surface area contributed by atoms with Crippen LogP contribution in [-0.4, -0.2) is 29.9 Å². The number of hydrogen-bond acceptors (Lipinski definition) is 2. The normalized spacial score (nSPS) is 18.3. The number of rotatable bonds is 6. The van der Waals surface area contributed by atoms with Crippen LogP contribution < -0.4 is 5.32 Å². The first-order valence-electron chi connectivity index (χ1n) is 8.47. The Balaban J connectivity index is 0.00000192. The molecule has 2 aliphatic rings. The van der Waals surface area contributed by atoms with Gasteiger partial charge in [-0.25, -0.2) is 4.39 Å². The predicted molar refractivity (Wildman–Crippen MR) is 92.0 cm³/mol. The standard InChI is InChI=1S/C18H25FN2O.ClH/c19-16-3-1-2-15(12-16)13-21(17-5-6-17)18(22)7-4-14-8-10-20-11-9-14;/h1-3,12,14,17,20H,4-11,13H2;1H. The van der Waals surface area contributed by atoms with Crippen molar-refractivity contribution in [2.45, 2.75) is 51.1 Å². The number of carbonyl (C=O) groups excluding carboxylic acids is 1. The van der Waals surface area contributed by atoms with Gasteiger partial charge in [-0.05, 0) is 68.8 Å². The molecular weight excluding hydrogens is 315 g/mol. The summed E-state index contributed by atoms with van der Waals surface area (Å²) in [6.07, 6.45) is 6.17. The fraction of sp³-hybridized carbons (Fsp3) is 0.611. The van der Waals surface area contributed by atoms with Gasteiger partial charge in [0.25, 0.3) is 0 Å². The van der Waals surface area contributed by atoms with Crippen molar-refractivity contribution in [2.24, 2.45) is 5.92 Å². The van der Waals surface area contributed by atoms with Gasteiger partial charge < -0.3 is 10.2 Å². The molecule has 5 heteroatoms. The third kappa shape index (κ3) is 5.47. The van der Waals surface area contributed by atoms with Gasteiger partial charge in [0.15, 0.2) is 0 Å². The molecule has 1 N–H and O–H groups in total. The minimum Gasteiger partial charge on any atom is -0.335 e. The van der Waals surface area contributed by atoms with Crippen LogP contribution in [0.2, 0.25) is 0 Å². The Hall–Kier alpha value is -1.13. The number of nitrogens with one attached hydrogen (secondary N) is 1. The minimum absolute atomic E-state index is 0. The molecule has 128 valence electrons. The average molecular weight is 341 g/mol. The zero-order valence-electron chi connectivity index (χ0n) is 13.5. The van der Waals surface area contributed by atoms with Gasteiger partial charge in [-0.3, -0.25) is 4.79 Å². The zero-order chi connectivity index (χ0) is 15.4. The molecule has 0 spiro atoms. The Kier molecular flexibility index (Phi) is 6.85. The molecule has 2 fully saturated rings. The molecule has 3 nitrogen and oxygen atoms in total. The van der Waals surface area contributed by atoms with Gasteiger partial charge in [-0.2, -0.15) is 0 Å². The number of amides is 1. The summed E-state index contributed by atoms with van der Waals surface area (Å²) >= 11 is 0. The molecule has 1 amide bonds. The average Bonchev–Trinajstić information content (AvgIpc) is 3.36. The molecule has 1 saturated heterocycles. The lowest BCUT2D eigenvalue weighted by atomic mass is 9.93. The first-order chi connectivity index (χ1) is 10.7. The van der Waals surface area contributed by atoms with Crippen molar-refractivity contribution < 1.29 is 9.18 Å². The van der Waals surface area contributed by atoms with E-state index in [1.807, 2.05) is 11.0 Å². The molecule has 1 saturated carbocycles. The maximum atomic E-state index is 13.3. The van der Waals surface area contributed by atoms with Crippen molar-refractivity contribution in [3.05, 3.63) is 35.6 Å². The van der Waals surface area contributed by atoms with E-state index >= 15 is 0 Å². The summed E-state index contributed by atoms with van der Waals surface area (Å²) < 4.78 is 13.3. The van der Waals surface area contributed by atoms with E-state index in [2.05, 4.69) is 5.32 Å². The van der Waals surface area contributed by atoms with Crippen LogP contribution in [0, 0.1) is 11.7 Å². The lowest BCUT2D eigenvalue weighted by Crippen LogP contribution is -2.33. The molecule has 3 rings (SSSR count). The maximum Gasteiger partial charge on any atom is 0.223 e. The lowest BCUT2D eigenvalue weighted by Gasteiger charge is -2.26. The highest BCUT2D eigenvalue weighted by molar-refractivity contribution is 5.85. The summed E-state index contributed by atoms with van der Waals surface area (Å²) in [4.78, 5) is 14.5. The van der Waals surface area contributed by atoms with Gasteiger partial charge in [-0.15, -0.1) is 12.4 Å². The molecule has 23 heavy (non-hydrogen) atoms. The number of halogens is 2. The quantitative estimate of drug-likeness (QED) is 0.859. The van der Waals surface area contributed by atoms with Gasteiger partial charge in [0.05, 0.1) is 0 Å². The first-order valence-corrected chi connectivity index (χ1v) is 8.47. The minimum atomic E-state index is -0.226. The van der Waals surface area contributed by atoms with Crippen LogP contribution >= 0.6 is 12.4 Å². The molecule has 0 bridgehead atoms. The van der Waals surface area contributed by atoms with E-state index in [0.717, 1.165) is 37.9 Å². The highest BCUT2D eigenvalue weighted by atomic mass is 35.5. The zero-order valence-corrected chi connectivity index (χ0v) is 14.3. The molecule has 1 aromatic carbocycles. The van der Waals surface area contributed by atoms with Gasteiger partial charge in [0.2, 0.25) is 5.91 Å². The summed E-state index contributed by atoms with van der Waals surface area (Å²) in [6, 6.07) is 6.98. The summed E-state index contributed by atoms with van der Waals surface area (Å²) in [5.41, 5.74) is 0.891. The van der Waals surface area contributed by atoms with Crippen molar-refractivity contribution >= 4 is 18.3 Å². The van der Waals surface area contributed by atoms with Gasteiger partial charge >= 0.3 is 0 Å². The third-order valence-electron chi connectivity index (χ3n) is 4.78. The Morgan fingerprint density at radius 2 is 1.96 bits per heavy atom. The molecule has 0 aromatic heterocycles. The summed E-state index contributed by atoms with van der Waals surface area (Å²) in [5.74, 6) is 0.695. The number of nitrogens with zero attached hydrogens (tertiary/aromatic N) is 1. The van der Waals surface area contributed by atoms with Crippen molar-refractivity contribution in [1.29, 1.82) is 0 Å². The second kappa shape index (κ2) is 8.65. The van der Waals surface area contributed by atoms with Gasteiger partial charge in [0.1, 0.15) is 5.82 Å². The predicted octanol–water partition coefficient (Wildman–Crippen LogP) is 3.52. The fourth-order valence-electron chi connectivity index (χ4n) is 3.28. The van der Waals surface area contributed by atoms with E-state index in [-0.39, 0.29) is 24.1 Å². The third-order valence-corrected chi connectivity index (χ3v) is 4.78. The maximum absolute atomic E-state index is 13.3. The molecule has 1 aliphatic heterocycles. The van der Waals surface area contributed by atoms with Crippen LogP contribution in [0.15, 0.2) is 24.3 Å². The molecule has 0 atom stereocenters. The van der Waals surface area contributed by atoms with E-state index in [4.69, 9.17) is 0 Å². The Morgan fingerprint density at radius 3 is 2.61 bits per heavy atom. The van der Waals surface area contributed by atoms with Crippen molar-refractivity contribution in [2.75, 3.05) is 13.1 Å². The second-order valence-electron chi connectivity index (χ2n) is 6.61. The number of piperidine rings is 1. The van der Waals surface area contributed by atoms with Crippen LogP contribution in [-0.2, 0) is 11.3 Å². The topological polar surface area (TPSA) is 32.3 Å².